The van der Waals surface area contributed by atoms with Gasteiger partial charge >= 0.3 is 0 Å². The highest BCUT2D eigenvalue weighted by atomic mass is 16.2. The summed E-state index contributed by atoms with van der Waals surface area (Å²) in [7, 11) is 0. The Labute approximate surface area is 191 Å². The first-order valence-corrected chi connectivity index (χ1v) is 12.0. The van der Waals surface area contributed by atoms with Crippen LogP contribution in [0.2, 0.25) is 0 Å². The van der Waals surface area contributed by atoms with Crippen molar-refractivity contribution in [1.82, 2.24) is 5.32 Å². The Hall–Kier alpha value is -2.66. The molecule has 2 aliphatic rings. The van der Waals surface area contributed by atoms with E-state index in [1.807, 2.05) is 18.2 Å². The Morgan fingerprint density at radius 2 is 1.84 bits per heavy atom. The molecule has 0 aromatic heterocycles. The molecule has 5 heteroatoms. The summed E-state index contributed by atoms with van der Waals surface area (Å²) in [4.78, 5) is 28.2. The summed E-state index contributed by atoms with van der Waals surface area (Å²) in [6.07, 6.45) is 6.84. The van der Waals surface area contributed by atoms with Gasteiger partial charge in [-0.1, -0.05) is 68.7 Å². The van der Waals surface area contributed by atoms with E-state index >= 15 is 0 Å². The molecule has 2 aromatic rings. The van der Waals surface area contributed by atoms with Crippen molar-refractivity contribution in [2.24, 2.45) is 5.73 Å². The second-order valence-electron chi connectivity index (χ2n) is 9.65. The van der Waals surface area contributed by atoms with Gasteiger partial charge in [0.15, 0.2) is 0 Å². The van der Waals surface area contributed by atoms with E-state index in [-0.39, 0.29) is 29.8 Å². The molecule has 4 rings (SSSR count). The first kappa shape index (κ1) is 22.5. The third kappa shape index (κ3) is 4.73. The van der Waals surface area contributed by atoms with E-state index in [1.165, 1.54) is 6.42 Å². The van der Waals surface area contributed by atoms with Crippen LogP contribution in [0.4, 0.5) is 5.69 Å². The van der Waals surface area contributed by atoms with Gasteiger partial charge in [-0.3, -0.25) is 9.59 Å². The van der Waals surface area contributed by atoms with E-state index in [0.717, 1.165) is 54.5 Å². The maximum absolute atomic E-state index is 13.4. The molecular weight excluding hydrogens is 398 g/mol. The van der Waals surface area contributed by atoms with Crippen LogP contribution < -0.4 is 16.0 Å². The summed E-state index contributed by atoms with van der Waals surface area (Å²) in [5, 5.41) is 3.23. The van der Waals surface area contributed by atoms with E-state index in [9.17, 15) is 9.59 Å². The molecule has 1 aliphatic heterocycles. The number of nitrogens with two attached hydrogens (primary N) is 1. The monoisotopic (exact) mass is 433 g/mol. The summed E-state index contributed by atoms with van der Waals surface area (Å²) in [5.74, 6) is -0.275. The van der Waals surface area contributed by atoms with Crippen LogP contribution in [-0.2, 0) is 16.0 Å². The standard InChI is InChI=1S/C27H35N3O2/c1-3-19-12-13-21-22(20-10-6-4-7-11-20)17-23(28)26(32)30(24(21)16-19)18-25(31)29-27(2)14-8-5-9-15-27/h4,6-7,10-13,16,22-23H,3,5,8-9,14-15,17-18,28H2,1-2H3,(H,29,31). The first-order valence-electron chi connectivity index (χ1n) is 12.0. The van der Waals surface area contributed by atoms with Gasteiger partial charge in [0.2, 0.25) is 11.8 Å². The quantitative estimate of drug-likeness (QED) is 0.739. The van der Waals surface area contributed by atoms with Gasteiger partial charge in [-0.05, 0) is 55.4 Å². The fraction of sp³-hybridized carbons (Fsp3) is 0.481. The molecule has 170 valence electrons. The number of aryl methyl sites for hydroxylation is 1. The van der Waals surface area contributed by atoms with Crippen molar-refractivity contribution in [3.8, 4) is 0 Å². The SMILES string of the molecule is CCc1ccc2c(c1)N(CC(=O)NC1(C)CCCCC1)C(=O)C(N)CC2c1ccccc1. The number of carbonyl (C=O) groups excluding carboxylic acids is 2. The summed E-state index contributed by atoms with van der Waals surface area (Å²) in [6, 6.07) is 15.9. The molecule has 3 N–H and O–H groups in total. The molecule has 0 spiro atoms. The Balaban J connectivity index is 1.69. The highest BCUT2D eigenvalue weighted by Gasteiger charge is 2.36. The fourth-order valence-electron chi connectivity index (χ4n) is 5.28. The molecule has 0 saturated heterocycles. The number of hydrogen-bond acceptors (Lipinski definition) is 3. The Kier molecular flexibility index (Phi) is 6.66. The zero-order chi connectivity index (χ0) is 22.7. The van der Waals surface area contributed by atoms with Crippen molar-refractivity contribution >= 4 is 17.5 Å². The smallest absolute Gasteiger partial charge is 0.244 e. The molecule has 0 bridgehead atoms. The van der Waals surface area contributed by atoms with Gasteiger partial charge in [0.1, 0.15) is 6.54 Å². The molecule has 2 aromatic carbocycles. The van der Waals surface area contributed by atoms with Crippen LogP contribution in [0.5, 0.6) is 0 Å². The van der Waals surface area contributed by atoms with Gasteiger partial charge in [-0.25, -0.2) is 0 Å². The summed E-state index contributed by atoms with van der Waals surface area (Å²) in [6.45, 7) is 4.22. The third-order valence-corrected chi connectivity index (χ3v) is 7.14. The number of anilines is 1. The van der Waals surface area contributed by atoms with Gasteiger partial charge in [-0.15, -0.1) is 0 Å². The topological polar surface area (TPSA) is 75.4 Å². The van der Waals surface area contributed by atoms with Gasteiger partial charge in [0.05, 0.1) is 6.04 Å². The van der Waals surface area contributed by atoms with E-state index in [0.29, 0.717) is 6.42 Å². The number of hydrogen-bond donors (Lipinski definition) is 2. The van der Waals surface area contributed by atoms with Crippen LogP contribution in [0.3, 0.4) is 0 Å². The van der Waals surface area contributed by atoms with E-state index in [2.05, 4.69) is 49.5 Å². The van der Waals surface area contributed by atoms with Gasteiger partial charge in [0, 0.05) is 17.1 Å². The Bertz CT molecular complexity index is 966. The Morgan fingerprint density at radius 1 is 1.12 bits per heavy atom. The minimum absolute atomic E-state index is 0.00377. The summed E-state index contributed by atoms with van der Waals surface area (Å²) >= 11 is 0. The number of amides is 2. The number of rotatable bonds is 5. The zero-order valence-electron chi connectivity index (χ0n) is 19.3. The zero-order valence-corrected chi connectivity index (χ0v) is 19.3. The first-order chi connectivity index (χ1) is 15.4. The normalized spacial score (nSPS) is 22.7. The maximum atomic E-state index is 13.4. The average molecular weight is 434 g/mol. The van der Waals surface area contributed by atoms with Crippen molar-refractivity contribution in [3.05, 3.63) is 65.2 Å². The number of nitrogens with one attached hydrogen (secondary N) is 1. The Morgan fingerprint density at radius 3 is 2.53 bits per heavy atom. The van der Waals surface area contributed by atoms with Gasteiger partial charge < -0.3 is 16.0 Å². The van der Waals surface area contributed by atoms with Crippen molar-refractivity contribution in [2.45, 2.75) is 76.3 Å². The second kappa shape index (κ2) is 9.45. The number of carbonyl (C=O) groups is 2. The highest BCUT2D eigenvalue weighted by molar-refractivity contribution is 6.03. The number of fused-ring (bicyclic) bond motifs is 1. The lowest BCUT2D eigenvalue weighted by Crippen LogP contribution is -2.53. The summed E-state index contributed by atoms with van der Waals surface area (Å²) < 4.78 is 0. The van der Waals surface area contributed by atoms with Crippen LogP contribution in [0.1, 0.15) is 75.0 Å². The van der Waals surface area contributed by atoms with E-state index in [4.69, 9.17) is 5.73 Å². The highest BCUT2D eigenvalue weighted by Crippen LogP contribution is 2.39. The number of benzene rings is 2. The molecule has 1 aliphatic carbocycles. The molecular formula is C27H35N3O2. The lowest BCUT2D eigenvalue weighted by Gasteiger charge is -2.35. The minimum Gasteiger partial charge on any atom is -0.349 e. The summed E-state index contributed by atoms with van der Waals surface area (Å²) in [5.41, 5.74) is 10.4. The van der Waals surface area contributed by atoms with E-state index in [1.54, 1.807) is 4.90 Å². The van der Waals surface area contributed by atoms with Crippen molar-refractivity contribution in [3.63, 3.8) is 0 Å². The second-order valence-corrected chi connectivity index (χ2v) is 9.65. The molecule has 1 fully saturated rings. The lowest BCUT2D eigenvalue weighted by atomic mass is 9.83. The third-order valence-electron chi connectivity index (χ3n) is 7.14. The van der Waals surface area contributed by atoms with Crippen molar-refractivity contribution < 1.29 is 9.59 Å². The molecule has 32 heavy (non-hydrogen) atoms. The maximum Gasteiger partial charge on any atom is 0.244 e. The largest absolute Gasteiger partial charge is 0.349 e. The van der Waals surface area contributed by atoms with Gasteiger partial charge in [-0.2, -0.15) is 0 Å². The minimum atomic E-state index is -0.657. The lowest BCUT2D eigenvalue weighted by molar-refractivity contribution is -0.125. The molecule has 2 atom stereocenters. The molecule has 1 saturated carbocycles. The molecule has 2 amide bonds. The van der Waals surface area contributed by atoms with Crippen molar-refractivity contribution in [1.29, 1.82) is 0 Å². The van der Waals surface area contributed by atoms with Gasteiger partial charge in [0.25, 0.3) is 0 Å². The van der Waals surface area contributed by atoms with Crippen LogP contribution in [0, 0.1) is 0 Å². The van der Waals surface area contributed by atoms with E-state index < -0.39 is 6.04 Å². The van der Waals surface area contributed by atoms with Crippen LogP contribution in [0.15, 0.2) is 48.5 Å². The predicted molar refractivity (Wildman–Crippen MR) is 129 cm³/mol. The van der Waals surface area contributed by atoms with Crippen LogP contribution in [0.25, 0.3) is 0 Å². The predicted octanol–water partition coefficient (Wildman–Crippen LogP) is 4.28. The molecule has 2 unspecified atom stereocenters. The van der Waals surface area contributed by atoms with Crippen LogP contribution >= 0.6 is 0 Å². The fourth-order valence-corrected chi connectivity index (χ4v) is 5.28. The van der Waals surface area contributed by atoms with Crippen LogP contribution in [-0.4, -0.2) is 29.9 Å². The molecule has 5 nitrogen and oxygen atoms in total. The molecule has 1 heterocycles. The number of nitrogens with zero attached hydrogens (tertiary/aromatic N) is 1. The van der Waals surface area contributed by atoms with Crippen molar-refractivity contribution in [2.75, 3.05) is 11.4 Å². The molecule has 0 radical (unpaired) electrons. The average Bonchev–Trinajstić information content (AvgIpc) is 2.90.